The molecule has 1 aliphatic heterocycles. The number of carbonyl (C=O) groups is 1. The second kappa shape index (κ2) is 8.91. The first-order chi connectivity index (χ1) is 19.0. The maximum Gasteiger partial charge on any atom is 0.231 e. The van der Waals surface area contributed by atoms with Gasteiger partial charge >= 0.3 is 0 Å². The third-order valence-corrected chi connectivity index (χ3v) is 6.50. The molecule has 0 saturated heterocycles. The molecule has 0 bridgehead atoms. The standard InChI is InChI=1S/C28H22N8O3/c1-14(2)28(37)31-17-9-16(11-29-12-17)18-4-5-20-25(32-18)26(36-35-20)27-33-19-7-8-30-23(24(19)34-27)15-3-6-21-22(10-15)39-13-38-21/h3-12,14H,13H2,1-2H3,(H,31,37)(H,33,34)(H,35,36). The Bertz CT molecular complexity index is 1890. The molecule has 0 fully saturated rings. The van der Waals surface area contributed by atoms with Crippen LogP contribution in [0, 0.1) is 5.92 Å². The Morgan fingerprint density at radius 2 is 1.79 bits per heavy atom. The van der Waals surface area contributed by atoms with Crippen molar-refractivity contribution in [2.75, 3.05) is 12.1 Å². The van der Waals surface area contributed by atoms with E-state index in [1.165, 1.54) is 0 Å². The summed E-state index contributed by atoms with van der Waals surface area (Å²) in [5, 5.41) is 10.4. The molecule has 0 aliphatic carbocycles. The number of aromatic amines is 2. The monoisotopic (exact) mass is 518 g/mol. The van der Waals surface area contributed by atoms with Crippen molar-refractivity contribution >= 4 is 33.7 Å². The fraction of sp³-hybridized carbons (Fsp3) is 0.143. The highest BCUT2D eigenvalue weighted by molar-refractivity contribution is 5.96. The van der Waals surface area contributed by atoms with Gasteiger partial charge in [0.25, 0.3) is 0 Å². The lowest BCUT2D eigenvalue weighted by Crippen LogP contribution is -2.17. The van der Waals surface area contributed by atoms with Crippen LogP contribution >= 0.6 is 0 Å². The van der Waals surface area contributed by atoms with E-state index in [-0.39, 0.29) is 18.6 Å². The maximum atomic E-state index is 12.1. The van der Waals surface area contributed by atoms with Crippen LogP contribution in [0.2, 0.25) is 0 Å². The minimum absolute atomic E-state index is 0.0750. The zero-order chi connectivity index (χ0) is 26.5. The van der Waals surface area contributed by atoms with Crippen LogP contribution in [-0.2, 0) is 4.79 Å². The molecule has 0 unspecified atom stereocenters. The average molecular weight is 519 g/mol. The van der Waals surface area contributed by atoms with Crippen LogP contribution in [0.4, 0.5) is 5.69 Å². The van der Waals surface area contributed by atoms with E-state index >= 15 is 0 Å². The number of ether oxygens (including phenoxy) is 2. The predicted molar refractivity (Wildman–Crippen MR) is 145 cm³/mol. The summed E-state index contributed by atoms with van der Waals surface area (Å²) in [6.45, 7) is 3.89. The molecule has 39 heavy (non-hydrogen) atoms. The number of anilines is 1. The zero-order valence-electron chi connectivity index (χ0n) is 21.0. The number of amides is 1. The first kappa shape index (κ1) is 22.8. The van der Waals surface area contributed by atoms with E-state index in [9.17, 15) is 4.79 Å². The van der Waals surface area contributed by atoms with Gasteiger partial charge in [-0.25, -0.2) is 9.97 Å². The van der Waals surface area contributed by atoms with Crippen LogP contribution in [0.1, 0.15) is 13.8 Å². The third kappa shape index (κ3) is 4.00. The highest BCUT2D eigenvalue weighted by Crippen LogP contribution is 2.37. The number of hydrogen-bond donors (Lipinski definition) is 3. The highest BCUT2D eigenvalue weighted by Gasteiger charge is 2.20. The van der Waals surface area contributed by atoms with Gasteiger partial charge in [-0.1, -0.05) is 13.8 Å². The molecule has 11 heteroatoms. The number of nitrogens with zero attached hydrogens (tertiary/aromatic N) is 5. The van der Waals surface area contributed by atoms with Crippen molar-refractivity contribution in [3.05, 3.63) is 61.1 Å². The minimum Gasteiger partial charge on any atom is -0.454 e. The molecule has 1 aromatic carbocycles. The van der Waals surface area contributed by atoms with Gasteiger partial charge in [0.15, 0.2) is 23.0 Å². The summed E-state index contributed by atoms with van der Waals surface area (Å²) in [5.41, 5.74) is 7.18. The van der Waals surface area contributed by atoms with Gasteiger partial charge in [-0.3, -0.25) is 19.9 Å². The molecule has 0 spiro atoms. The van der Waals surface area contributed by atoms with Gasteiger partial charge in [0.1, 0.15) is 11.0 Å². The molecule has 1 amide bonds. The van der Waals surface area contributed by atoms with Crippen molar-refractivity contribution in [3.8, 4) is 45.5 Å². The van der Waals surface area contributed by atoms with E-state index in [4.69, 9.17) is 19.4 Å². The lowest BCUT2D eigenvalue weighted by molar-refractivity contribution is -0.118. The number of hydrogen-bond acceptors (Lipinski definition) is 8. The molecule has 0 atom stereocenters. The first-order valence-electron chi connectivity index (χ1n) is 12.4. The van der Waals surface area contributed by atoms with Crippen molar-refractivity contribution in [1.82, 2.24) is 35.1 Å². The molecular formula is C28H22N8O3. The molecule has 0 radical (unpaired) electrons. The molecule has 6 heterocycles. The van der Waals surface area contributed by atoms with E-state index in [0.717, 1.165) is 22.2 Å². The van der Waals surface area contributed by atoms with E-state index in [1.54, 1.807) is 18.6 Å². The predicted octanol–water partition coefficient (Wildman–Crippen LogP) is 4.95. The quantitative estimate of drug-likeness (QED) is 0.291. The number of benzene rings is 1. The second-order valence-electron chi connectivity index (χ2n) is 9.48. The summed E-state index contributed by atoms with van der Waals surface area (Å²) in [7, 11) is 0. The van der Waals surface area contributed by atoms with Gasteiger partial charge < -0.3 is 19.8 Å². The summed E-state index contributed by atoms with van der Waals surface area (Å²) in [5.74, 6) is 1.74. The normalized spacial score (nSPS) is 12.5. The Balaban J connectivity index is 1.28. The number of aromatic nitrogens is 7. The van der Waals surface area contributed by atoms with Gasteiger partial charge in [-0.2, -0.15) is 5.10 Å². The lowest BCUT2D eigenvalue weighted by atomic mass is 10.1. The Kier molecular flexibility index (Phi) is 5.22. The number of nitrogens with one attached hydrogen (secondary N) is 3. The third-order valence-electron chi connectivity index (χ3n) is 6.50. The number of rotatable bonds is 5. The van der Waals surface area contributed by atoms with E-state index < -0.39 is 0 Å². The molecule has 3 N–H and O–H groups in total. The molecule has 11 nitrogen and oxygen atoms in total. The number of imidazole rings is 1. The van der Waals surface area contributed by atoms with Crippen molar-refractivity contribution in [1.29, 1.82) is 0 Å². The van der Waals surface area contributed by atoms with Gasteiger partial charge in [0.2, 0.25) is 12.7 Å². The minimum atomic E-state index is -0.138. The van der Waals surface area contributed by atoms with Crippen LogP contribution in [0.25, 0.3) is 56.1 Å². The number of fused-ring (bicyclic) bond motifs is 3. The Morgan fingerprint density at radius 3 is 2.69 bits per heavy atom. The zero-order valence-corrected chi connectivity index (χ0v) is 21.0. The molecule has 1 aliphatic rings. The molecule has 6 aromatic rings. The highest BCUT2D eigenvalue weighted by atomic mass is 16.7. The lowest BCUT2D eigenvalue weighted by Gasteiger charge is -2.08. The maximum absolute atomic E-state index is 12.1. The fourth-order valence-electron chi connectivity index (χ4n) is 4.46. The largest absolute Gasteiger partial charge is 0.454 e. The number of H-pyrrole nitrogens is 2. The first-order valence-corrected chi connectivity index (χ1v) is 12.4. The van der Waals surface area contributed by atoms with Crippen molar-refractivity contribution in [3.63, 3.8) is 0 Å². The van der Waals surface area contributed by atoms with E-state index in [2.05, 4.69) is 30.5 Å². The summed E-state index contributed by atoms with van der Waals surface area (Å²) in [6, 6.07) is 13.2. The van der Waals surface area contributed by atoms with Gasteiger partial charge in [0.05, 0.1) is 34.3 Å². The summed E-state index contributed by atoms with van der Waals surface area (Å²) in [4.78, 5) is 34.1. The van der Waals surface area contributed by atoms with Crippen LogP contribution in [0.3, 0.4) is 0 Å². The summed E-state index contributed by atoms with van der Waals surface area (Å²) < 4.78 is 11.0. The van der Waals surface area contributed by atoms with Crippen molar-refractivity contribution < 1.29 is 14.3 Å². The number of carbonyl (C=O) groups excluding carboxylic acids is 1. The van der Waals surface area contributed by atoms with Crippen LogP contribution < -0.4 is 14.8 Å². The van der Waals surface area contributed by atoms with Crippen LogP contribution in [-0.4, -0.2) is 47.8 Å². The van der Waals surface area contributed by atoms with Crippen molar-refractivity contribution in [2.45, 2.75) is 13.8 Å². The summed E-state index contributed by atoms with van der Waals surface area (Å²) in [6.07, 6.45) is 5.07. The van der Waals surface area contributed by atoms with Gasteiger partial charge in [-0.15, -0.1) is 0 Å². The molecular weight excluding hydrogens is 496 g/mol. The van der Waals surface area contributed by atoms with Gasteiger partial charge in [-0.05, 0) is 42.5 Å². The van der Waals surface area contributed by atoms with Gasteiger partial charge in [0, 0.05) is 29.4 Å². The molecule has 0 saturated carbocycles. The molecule has 192 valence electrons. The Labute approximate surface area is 221 Å². The SMILES string of the molecule is CC(C)C(=O)Nc1cncc(-c2ccc3[nH]nc(-c4nc5c(-c6ccc7c(c6)OCO7)nccc5[nH]4)c3n2)c1. The van der Waals surface area contributed by atoms with Crippen LogP contribution in [0.15, 0.2) is 61.1 Å². The summed E-state index contributed by atoms with van der Waals surface area (Å²) >= 11 is 0. The Hall–Kier alpha value is -5.32. The fourth-order valence-corrected chi connectivity index (χ4v) is 4.46. The second-order valence-corrected chi connectivity index (χ2v) is 9.48. The average Bonchev–Trinajstić information content (AvgIpc) is 3.69. The molecule has 5 aromatic heterocycles. The number of pyridine rings is 3. The topological polar surface area (TPSA) is 144 Å². The van der Waals surface area contributed by atoms with E-state index in [0.29, 0.717) is 51.1 Å². The van der Waals surface area contributed by atoms with E-state index in [1.807, 2.05) is 56.3 Å². The van der Waals surface area contributed by atoms with Crippen LogP contribution in [0.5, 0.6) is 11.5 Å². The smallest absolute Gasteiger partial charge is 0.231 e. The molecule has 7 rings (SSSR count). The Morgan fingerprint density at radius 1 is 0.923 bits per heavy atom. The van der Waals surface area contributed by atoms with Crippen molar-refractivity contribution in [2.24, 2.45) is 5.92 Å².